The van der Waals surface area contributed by atoms with Crippen LogP contribution >= 0.6 is 0 Å². The predicted molar refractivity (Wildman–Crippen MR) is 89.7 cm³/mol. The Bertz CT molecular complexity index is 857. The lowest BCUT2D eigenvalue weighted by molar-refractivity contribution is 0.480. The molecule has 0 spiro atoms. The number of benzene rings is 1. The highest BCUT2D eigenvalue weighted by Gasteiger charge is 2.16. The number of halogens is 1. The second-order valence-corrected chi connectivity index (χ2v) is 7.21. The van der Waals surface area contributed by atoms with Crippen LogP contribution < -0.4 is 0 Å². The van der Waals surface area contributed by atoms with Crippen molar-refractivity contribution in [1.82, 2.24) is 14.8 Å². The molecule has 0 aliphatic heterocycles. The fraction of sp³-hybridized carbons (Fsp3) is 0.294. The van der Waals surface area contributed by atoms with Crippen LogP contribution in [0.5, 0.6) is 0 Å². The molecule has 1 aromatic carbocycles. The van der Waals surface area contributed by atoms with Crippen LogP contribution in [0, 0.1) is 5.82 Å². The van der Waals surface area contributed by atoms with Crippen molar-refractivity contribution in [3.05, 3.63) is 65.9 Å². The summed E-state index contributed by atoms with van der Waals surface area (Å²) in [5.41, 5.74) is 1.73. The molecule has 3 rings (SSSR count). The van der Waals surface area contributed by atoms with E-state index in [1.54, 1.807) is 30.5 Å². The summed E-state index contributed by atoms with van der Waals surface area (Å²) in [4.78, 5) is 4.15. The Hall–Kier alpha value is -2.28. The van der Waals surface area contributed by atoms with E-state index in [0.29, 0.717) is 17.1 Å². The van der Waals surface area contributed by atoms with Gasteiger partial charge in [-0.1, -0.05) is 26.0 Å². The van der Waals surface area contributed by atoms with Gasteiger partial charge in [-0.25, -0.2) is 14.1 Å². The number of para-hydroxylation sites is 1. The molecule has 0 N–H and O–H groups in total. The molecule has 0 fully saturated rings. The van der Waals surface area contributed by atoms with Gasteiger partial charge >= 0.3 is 0 Å². The third-order valence-electron chi connectivity index (χ3n) is 3.55. The lowest BCUT2D eigenvalue weighted by Gasteiger charge is -2.04. The molecular formula is C17H18FN3O2S. The Morgan fingerprint density at radius 1 is 1.25 bits per heavy atom. The quantitative estimate of drug-likeness (QED) is 0.684. The number of nitrogens with zero attached hydrogens (tertiary/aromatic N) is 3. The topological polar surface area (TPSA) is 60.9 Å². The van der Waals surface area contributed by atoms with Crippen molar-refractivity contribution in [2.24, 2.45) is 0 Å². The zero-order chi connectivity index (χ0) is 17.1. The van der Waals surface area contributed by atoms with E-state index in [1.807, 2.05) is 13.8 Å². The second kappa shape index (κ2) is 7.09. The highest BCUT2D eigenvalue weighted by molar-refractivity contribution is 7.83. The number of aromatic nitrogens is 3. The number of rotatable bonds is 6. The van der Waals surface area contributed by atoms with Gasteiger partial charge in [-0.3, -0.25) is 4.21 Å². The molecule has 2 aromatic heterocycles. The second-order valence-electron chi connectivity index (χ2n) is 5.75. The van der Waals surface area contributed by atoms with Gasteiger partial charge in [0.05, 0.1) is 22.9 Å². The van der Waals surface area contributed by atoms with Crippen molar-refractivity contribution < 1.29 is 13.0 Å². The molecule has 3 aromatic rings. The zero-order valence-electron chi connectivity index (χ0n) is 13.5. The Morgan fingerprint density at radius 3 is 2.79 bits per heavy atom. The molecule has 7 heteroatoms. The molecule has 5 nitrogen and oxygen atoms in total. The van der Waals surface area contributed by atoms with E-state index in [2.05, 4.69) is 10.1 Å². The molecule has 0 saturated heterocycles. The van der Waals surface area contributed by atoms with Gasteiger partial charge in [0, 0.05) is 22.9 Å². The standard InChI is InChI=1S/C17H18FN3O2S/c1-12(2)17-15(19-11-23-17)10-24(22)9-13-7-8-21(20-13)16-6-4-3-5-14(16)18/h3-8,11-12H,9-10H2,1-2H3/t24-/m0/s1. The van der Waals surface area contributed by atoms with Gasteiger partial charge in [0.1, 0.15) is 17.3 Å². The molecule has 24 heavy (non-hydrogen) atoms. The third-order valence-corrected chi connectivity index (χ3v) is 4.76. The average molecular weight is 347 g/mol. The molecule has 0 aliphatic rings. The maximum absolute atomic E-state index is 13.8. The summed E-state index contributed by atoms with van der Waals surface area (Å²) >= 11 is 0. The van der Waals surface area contributed by atoms with Crippen molar-refractivity contribution in [3.63, 3.8) is 0 Å². The lowest BCUT2D eigenvalue weighted by atomic mass is 10.1. The molecule has 0 saturated carbocycles. The Balaban J connectivity index is 1.70. The van der Waals surface area contributed by atoms with Gasteiger partial charge in [0.2, 0.25) is 0 Å². The summed E-state index contributed by atoms with van der Waals surface area (Å²) in [5, 5.41) is 4.31. The van der Waals surface area contributed by atoms with Crippen molar-refractivity contribution in [2.75, 3.05) is 0 Å². The number of hydrogen-bond acceptors (Lipinski definition) is 4. The van der Waals surface area contributed by atoms with Crippen LogP contribution in [0.25, 0.3) is 5.69 Å². The molecule has 0 bridgehead atoms. The fourth-order valence-corrected chi connectivity index (χ4v) is 3.54. The van der Waals surface area contributed by atoms with Crippen LogP contribution in [-0.2, 0) is 22.3 Å². The van der Waals surface area contributed by atoms with E-state index >= 15 is 0 Å². The first-order valence-corrected chi connectivity index (χ1v) is 9.10. The average Bonchev–Trinajstić information content (AvgIpc) is 3.17. The van der Waals surface area contributed by atoms with Gasteiger partial charge in [0.15, 0.2) is 6.39 Å². The molecule has 0 radical (unpaired) electrons. The lowest BCUT2D eigenvalue weighted by Crippen LogP contribution is -2.04. The van der Waals surface area contributed by atoms with Crippen LogP contribution in [0.1, 0.15) is 36.9 Å². The van der Waals surface area contributed by atoms with E-state index in [-0.39, 0.29) is 17.5 Å². The summed E-state index contributed by atoms with van der Waals surface area (Å²) in [7, 11) is -1.17. The van der Waals surface area contributed by atoms with Crippen LogP contribution in [-0.4, -0.2) is 19.0 Å². The zero-order valence-corrected chi connectivity index (χ0v) is 14.3. The van der Waals surface area contributed by atoms with E-state index < -0.39 is 10.8 Å². The van der Waals surface area contributed by atoms with Crippen LogP contribution in [0.2, 0.25) is 0 Å². The highest BCUT2D eigenvalue weighted by atomic mass is 32.2. The third kappa shape index (κ3) is 3.62. The summed E-state index contributed by atoms with van der Waals surface area (Å²) in [6.45, 7) is 4.01. The van der Waals surface area contributed by atoms with Gasteiger partial charge in [-0.05, 0) is 18.2 Å². The molecule has 1 atom stereocenters. The van der Waals surface area contributed by atoms with Crippen LogP contribution in [0.15, 0.2) is 47.3 Å². The molecule has 126 valence electrons. The minimum absolute atomic E-state index is 0.194. The van der Waals surface area contributed by atoms with Crippen LogP contribution in [0.3, 0.4) is 0 Å². The Labute approximate surface area is 142 Å². The Kier molecular flexibility index (Phi) is 4.89. The first kappa shape index (κ1) is 16.6. The van der Waals surface area contributed by atoms with Crippen molar-refractivity contribution >= 4 is 10.8 Å². The van der Waals surface area contributed by atoms with E-state index in [4.69, 9.17) is 4.42 Å². The van der Waals surface area contributed by atoms with Crippen molar-refractivity contribution in [3.8, 4) is 5.69 Å². The first-order valence-electron chi connectivity index (χ1n) is 7.61. The van der Waals surface area contributed by atoms with Crippen molar-refractivity contribution in [1.29, 1.82) is 0 Å². The van der Waals surface area contributed by atoms with E-state index in [0.717, 1.165) is 11.5 Å². The van der Waals surface area contributed by atoms with E-state index in [1.165, 1.54) is 17.1 Å². The molecule has 0 aliphatic carbocycles. The fourth-order valence-electron chi connectivity index (χ4n) is 2.43. The largest absolute Gasteiger partial charge is 0.448 e. The molecule has 0 unspecified atom stereocenters. The van der Waals surface area contributed by atoms with Gasteiger partial charge in [0.25, 0.3) is 0 Å². The molecule has 2 heterocycles. The van der Waals surface area contributed by atoms with E-state index in [9.17, 15) is 8.60 Å². The number of oxazole rings is 1. The smallest absolute Gasteiger partial charge is 0.181 e. The maximum Gasteiger partial charge on any atom is 0.181 e. The summed E-state index contributed by atoms with van der Waals surface area (Å²) in [5.74, 6) is 1.21. The number of hydrogen-bond donors (Lipinski definition) is 0. The normalized spacial score (nSPS) is 12.7. The SMILES string of the molecule is CC(C)c1ocnc1C[S@@](=O)Cc1ccn(-c2ccccc2F)n1. The maximum atomic E-state index is 13.8. The monoisotopic (exact) mass is 347 g/mol. The van der Waals surface area contributed by atoms with Crippen molar-refractivity contribution in [2.45, 2.75) is 31.3 Å². The van der Waals surface area contributed by atoms with Gasteiger partial charge in [-0.15, -0.1) is 0 Å². The minimum Gasteiger partial charge on any atom is -0.448 e. The first-order chi connectivity index (χ1) is 11.5. The molecular weight excluding hydrogens is 329 g/mol. The predicted octanol–water partition coefficient (Wildman–Crippen LogP) is 3.57. The molecule has 0 amide bonds. The van der Waals surface area contributed by atoms with Gasteiger partial charge in [-0.2, -0.15) is 5.10 Å². The minimum atomic E-state index is -1.17. The Morgan fingerprint density at radius 2 is 2.04 bits per heavy atom. The van der Waals surface area contributed by atoms with Gasteiger partial charge < -0.3 is 4.42 Å². The summed E-state index contributed by atoms with van der Waals surface area (Å²) in [6, 6.07) is 8.15. The summed E-state index contributed by atoms with van der Waals surface area (Å²) in [6.07, 6.45) is 3.05. The highest BCUT2D eigenvalue weighted by Crippen LogP contribution is 2.20. The summed E-state index contributed by atoms with van der Waals surface area (Å²) < 4.78 is 33.0. The van der Waals surface area contributed by atoms with Crippen LogP contribution in [0.4, 0.5) is 4.39 Å².